The van der Waals surface area contributed by atoms with Gasteiger partial charge in [0.2, 0.25) is 0 Å². The van der Waals surface area contributed by atoms with Gasteiger partial charge >= 0.3 is 6.03 Å². The fraction of sp³-hybridized carbons (Fsp3) is 0.500. The van der Waals surface area contributed by atoms with E-state index in [2.05, 4.69) is 5.32 Å². The van der Waals surface area contributed by atoms with Crippen molar-refractivity contribution in [2.24, 2.45) is 0 Å². The molecule has 1 N–H and O–H groups in total. The molecule has 1 aliphatic carbocycles. The summed E-state index contributed by atoms with van der Waals surface area (Å²) in [6.07, 6.45) is 3.34. The van der Waals surface area contributed by atoms with Gasteiger partial charge < -0.3 is 15.0 Å². The first-order chi connectivity index (χ1) is 10.1. The number of Topliss-reactive ketones (excluding diaryl/α,β-unsaturated/α-hetero) is 1. The van der Waals surface area contributed by atoms with E-state index >= 15 is 0 Å². The van der Waals surface area contributed by atoms with E-state index in [9.17, 15) is 9.59 Å². The molecule has 1 aromatic rings. The van der Waals surface area contributed by atoms with Gasteiger partial charge in [-0.15, -0.1) is 0 Å². The Labute approximate surface area is 124 Å². The topological polar surface area (TPSA) is 58.6 Å². The summed E-state index contributed by atoms with van der Waals surface area (Å²) in [6.45, 7) is 2.74. The summed E-state index contributed by atoms with van der Waals surface area (Å²) < 4.78 is 5.72. The molecule has 0 aromatic heterocycles. The highest BCUT2D eigenvalue weighted by molar-refractivity contribution is 5.96. The summed E-state index contributed by atoms with van der Waals surface area (Å²) >= 11 is 0. The number of rotatable bonds is 2. The average molecular weight is 288 g/mol. The van der Waals surface area contributed by atoms with Crippen LogP contribution in [0.15, 0.2) is 24.3 Å². The minimum absolute atomic E-state index is 0.00618. The second-order valence-electron chi connectivity index (χ2n) is 5.67. The molecule has 2 fully saturated rings. The highest BCUT2D eigenvalue weighted by Gasteiger charge is 2.38. The molecule has 2 atom stereocenters. The molecule has 21 heavy (non-hydrogen) atoms. The number of nitrogens with one attached hydrogen (secondary N) is 1. The molecule has 3 rings (SSSR count). The summed E-state index contributed by atoms with van der Waals surface area (Å²) in [6, 6.07) is 7.14. The van der Waals surface area contributed by atoms with Crippen LogP contribution < -0.4 is 5.32 Å². The van der Waals surface area contributed by atoms with Crippen LogP contribution in [0, 0.1) is 0 Å². The Bertz CT molecular complexity index is 558. The van der Waals surface area contributed by atoms with Gasteiger partial charge in [-0.25, -0.2) is 4.79 Å². The number of nitrogens with zero attached hydrogens (tertiary/aromatic N) is 1. The molecular formula is C16H20N2O3. The third-order valence-electron chi connectivity index (χ3n) is 4.26. The molecule has 112 valence electrons. The van der Waals surface area contributed by atoms with Crippen LogP contribution in [-0.4, -0.2) is 42.0 Å². The van der Waals surface area contributed by atoms with Crippen molar-refractivity contribution in [3.8, 4) is 0 Å². The quantitative estimate of drug-likeness (QED) is 0.851. The molecule has 1 aromatic carbocycles. The van der Waals surface area contributed by atoms with Crippen molar-refractivity contribution >= 4 is 17.5 Å². The van der Waals surface area contributed by atoms with Crippen molar-refractivity contribution in [1.82, 2.24) is 4.90 Å². The minimum Gasteiger partial charge on any atom is -0.374 e. The first-order valence-corrected chi connectivity index (χ1v) is 7.45. The predicted octanol–water partition coefficient (Wildman–Crippen LogP) is 2.67. The van der Waals surface area contributed by atoms with Crippen LogP contribution >= 0.6 is 0 Å². The van der Waals surface area contributed by atoms with Crippen LogP contribution in [0.4, 0.5) is 10.5 Å². The van der Waals surface area contributed by atoms with E-state index in [-0.39, 0.29) is 24.0 Å². The summed E-state index contributed by atoms with van der Waals surface area (Å²) in [5.74, 6) is -0.00618. The van der Waals surface area contributed by atoms with Gasteiger partial charge in [0, 0.05) is 17.8 Å². The lowest BCUT2D eigenvalue weighted by atomic mass is 10.1. The molecule has 2 amide bonds. The number of ketones is 1. The van der Waals surface area contributed by atoms with Gasteiger partial charge in [-0.3, -0.25) is 4.79 Å². The molecule has 5 heteroatoms. The van der Waals surface area contributed by atoms with Crippen LogP contribution in [0.2, 0.25) is 0 Å². The third-order valence-corrected chi connectivity index (χ3v) is 4.26. The molecule has 1 heterocycles. The summed E-state index contributed by atoms with van der Waals surface area (Å²) in [7, 11) is 0. The molecule has 0 spiro atoms. The van der Waals surface area contributed by atoms with Gasteiger partial charge in [-0.05, 0) is 38.3 Å². The number of urea groups is 1. The Kier molecular flexibility index (Phi) is 3.92. The van der Waals surface area contributed by atoms with Crippen LogP contribution in [0.1, 0.15) is 36.5 Å². The van der Waals surface area contributed by atoms with Gasteiger partial charge in [0.05, 0.1) is 18.8 Å². The van der Waals surface area contributed by atoms with Gasteiger partial charge in [0.1, 0.15) is 0 Å². The zero-order valence-electron chi connectivity index (χ0n) is 12.2. The first kappa shape index (κ1) is 14.1. The fourth-order valence-corrected chi connectivity index (χ4v) is 3.19. The third kappa shape index (κ3) is 2.93. The molecule has 1 aliphatic heterocycles. The number of hydrogen-bond acceptors (Lipinski definition) is 3. The first-order valence-electron chi connectivity index (χ1n) is 7.45. The fourth-order valence-electron chi connectivity index (χ4n) is 3.19. The van der Waals surface area contributed by atoms with Crippen LogP contribution in [0.25, 0.3) is 0 Å². The van der Waals surface area contributed by atoms with E-state index in [0.717, 1.165) is 19.3 Å². The Morgan fingerprint density at radius 1 is 1.33 bits per heavy atom. The Hall–Kier alpha value is -1.88. The van der Waals surface area contributed by atoms with Crippen molar-refractivity contribution in [2.45, 2.75) is 38.3 Å². The highest BCUT2D eigenvalue weighted by Crippen LogP contribution is 2.30. The summed E-state index contributed by atoms with van der Waals surface area (Å²) in [5.41, 5.74) is 1.27. The van der Waals surface area contributed by atoms with E-state index in [0.29, 0.717) is 24.4 Å². The van der Waals surface area contributed by atoms with Crippen LogP contribution in [0.5, 0.6) is 0 Å². The number of anilines is 1. The standard InChI is InChI=1S/C16H20N2O3/c1-11(19)12-4-2-5-13(10-12)17-16(20)18-8-9-21-15-7-3-6-14(15)18/h2,4-5,10,14-15H,3,6-9H2,1H3,(H,17,20). The monoisotopic (exact) mass is 288 g/mol. The number of carbonyl (C=O) groups is 2. The molecule has 1 saturated heterocycles. The number of fused-ring (bicyclic) bond motifs is 1. The number of carbonyl (C=O) groups excluding carboxylic acids is 2. The maximum Gasteiger partial charge on any atom is 0.322 e. The SMILES string of the molecule is CC(=O)c1cccc(NC(=O)N2CCOC3CCCC32)c1. The van der Waals surface area contributed by atoms with E-state index in [1.807, 2.05) is 4.90 Å². The van der Waals surface area contributed by atoms with Crippen molar-refractivity contribution < 1.29 is 14.3 Å². The van der Waals surface area contributed by atoms with Gasteiger partial charge in [-0.2, -0.15) is 0 Å². The lowest BCUT2D eigenvalue weighted by Crippen LogP contribution is -2.52. The molecule has 5 nitrogen and oxygen atoms in total. The Morgan fingerprint density at radius 3 is 3.00 bits per heavy atom. The van der Waals surface area contributed by atoms with E-state index < -0.39 is 0 Å². The highest BCUT2D eigenvalue weighted by atomic mass is 16.5. The number of amides is 2. The molecule has 0 bridgehead atoms. The van der Waals surface area contributed by atoms with Crippen molar-refractivity contribution in [1.29, 1.82) is 0 Å². The number of benzene rings is 1. The maximum absolute atomic E-state index is 12.5. The predicted molar refractivity (Wildman–Crippen MR) is 79.6 cm³/mol. The molecule has 1 saturated carbocycles. The Balaban J connectivity index is 1.71. The van der Waals surface area contributed by atoms with Gasteiger partial charge in [0.25, 0.3) is 0 Å². The minimum atomic E-state index is -0.101. The summed E-state index contributed by atoms with van der Waals surface area (Å²) in [4.78, 5) is 25.7. The van der Waals surface area contributed by atoms with E-state index in [1.54, 1.807) is 24.3 Å². The van der Waals surface area contributed by atoms with Gasteiger partial charge in [-0.1, -0.05) is 12.1 Å². The number of ether oxygens (including phenoxy) is 1. The maximum atomic E-state index is 12.5. The second kappa shape index (κ2) is 5.85. The lowest BCUT2D eigenvalue weighted by Gasteiger charge is -2.37. The van der Waals surface area contributed by atoms with E-state index in [4.69, 9.17) is 4.74 Å². The summed E-state index contributed by atoms with van der Waals surface area (Å²) in [5, 5.41) is 2.90. The smallest absolute Gasteiger partial charge is 0.322 e. The molecule has 2 aliphatic rings. The molecule has 0 radical (unpaired) electrons. The molecular weight excluding hydrogens is 268 g/mol. The molecule has 2 unspecified atom stereocenters. The lowest BCUT2D eigenvalue weighted by molar-refractivity contribution is -0.0362. The van der Waals surface area contributed by atoms with Gasteiger partial charge in [0.15, 0.2) is 5.78 Å². The van der Waals surface area contributed by atoms with Crippen LogP contribution in [0.3, 0.4) is 0 Å². The van der Waals surface area contributed by atoms with Crippen LogP contribution in [-0.2, 0) is 4.74 Å². The van der Waals surface area contributed by atoms with E-state index in [1.165, 1.54) is 6.92 Å². The zero-order valence-corrected chi connectivity index (χ0v) is 12.2. The number of morpholine rings is 1. The van der Waals surface area contributed by atoms with Crippen molar-refractivity contribution in [2.75, 3.05) is 18.5 Å². The normalized spacial score (nSPS) is 24.5. The number of hydrogen-bond donors (Lipinski definition) is 1. The zero-order chi connectivity index (χ0) is 14.8. The Morgan fingerprint density at radius 2 is 2.19 bits per heavy atom. The van der Waals surface area contributed by atoms with Crippen molar-refractivity contribution in [3.63, 3.8) is 0 Å². The van der Waals surface area contributed by atoms with Crippen molar-refractivity contribution in [3.05, 3.63) is 29.8 Å². The largest absolute Gasteiger partial charge is 0.374 e. The average Bonchev–Trinajstić information content (AvgIpc) is 2.95. The second-order valence-corrected chi connectivity index (χ2v) is 5.67.